The Labute approximate surface area is 217 Å². The molecule has 3 aromatic rings. The number of carbonyl (C=O) groups excluding carboxylic acids is 1. The second-order valence-corrected chi connectivity index (χ2v) is 8.52. The monoisotopic (exact) mass is 523 g/mol. The molecule has 0 saturated carbocycles. The maximum absolute atomic E-state index is 13.4. The molecule has 0 N–H and O–H groups in total. The van der Waals surface area contributed by atoms with E-state index in [-0.39, 0.29) is 23.2 Å². The van der Waals surface area contributed by atoms with Crippen LogP contribution in [0.1, 0.15) is 5.56 Å². The molecule has 37 heavy (non-hydrogen) atoms. The summed E-state index contributed by atoms with van der Waals surface area (Å²) in [6.45, 7) is 0.914. The Morgan fingerprint density at radius 2 is 1.97 bits per heavy atom. The molecule has 0 aliphatic carbocycles. The number of anilines is 1. The summed E-state index contributed by atoms with van der Waals surface area (Å²) >= 11 is 1.10. The zero-order valence-electron chi connectivity index (χ0n) is 20.5. The topological polar surface area (TPSA) is 126 Å². The zero-order chi connectivity index (χ0) is 26.2. The van der Waals surface area contributed by atoms with E-state index in [1.54, 1.807) is 50.6 Å². The number of benzene rings is 2. The Hall–Kier alpha value is -4.16. The second-order valence-electron chi connectivity index (χ2n) is 7.57. The number of thioether (sulfide) groups is 1. The van der Waals surface area contributed by atoms with E-state index in [1.807, 2.05) is 18.2 Å². The lowest BCUT2D eigenvalue weighted by Crippen LogP contribution is -2.36. The fourth-order valence-corrected chi connectivity index (χ4v) is 4.26. The van der Waals surface area contributed by atoms with Gasteiger partial charge in [0.1, 0.15) is 12.3 Å². The van der Waals surface area contributed by atoms with Gasteiger partial charge >= 0.3 is 5.88 Å². The van der Waals surface area contributed by atoms with Crippen LogP contribution in [-0.2, 0) is 16.1 Å². The number of rotatable bonds is 10. The third kappa shape index (κ3) is 6.16. The highest BCUT2D eigenvalue weighted by Crippen LogP contribution is 2.35. The van der Waals surface area contributed by atoms with E-state index in [9.17, 15) is 9.90 Å². The Bertz CT molecular complexity index is 1340. The molecule has 0 saturated heterocycles. The molecule has 192 valence electrons. The minimum absolute atomic E-state index is 0.0655. The first-order valence-electron chi connectivity index (χ1n) is 11.2. The second kappa shape index (κ2) is 12.2. The molecule has 0 spiro atoms. The van der Waals surface area contributed by atoms with Crippen molar-refractivity contribution in [3.8, 4) is 11.5 Å². The van der Waals surface area contributed by atoms with Gasteiger partial charge in [-0.1, -0.05) is 42.1 Å². The Balaban J connectivity index is 1.59. The minimum Gasteiger partial charge on any atom is -0.861 e. The lowest BCUT2D eigenvalue weighted by Gasteiger charge is -2.18. The van der Waals surface area contributed by atoms with E-state index in [4.69, 9.17) is 18.7 Å². The Morgan fingerprint density at radius 3 is 2.70 bits per heavy atom. The molecule has 0 bridgehead atoms. The largest absolute Gasteiger partial charge is 0.861 e. The van der Waals surface area contributed by atoms with Crippen molar-refractivity contribution in [2.45, 2.75) is 6.54 Å². The van der Waals surface area contributed by atoms with Gasteiger partial charge in [0.2, 0.25) is 11.8 Å². The zero-order valence-corrected chi connectivity index (χ0v) is 21.3. The summed E-state index contributed by atoms with van der Waals surface area (Å²) < 4.78 is 22.4. The summed E-state index contributed by atoms with van der Waals surface area (Å²) in [5, 5.41) is 16.7. The number of aromatic nitrogens is 2. The predicted octanol–water partition coefficient (Wildman–Crippen LogP) is 2.19. The van der Waals surface area contributed by atoms with Gasteiger partial charge in [0, 0.05) is 18.4 Å². The van der Waals surface area contributed by atoms with Crippen molar-refractivity contribution >= 4 is 46.4 Å². The van der Waals surface area contributed by atoms with Crippen LogP contribution >= 0.6 is 11.8 Å². The van der Waals surface area contributed by atoms with E-state index in [0.717, 1.165) is 11.8 Å². The molecule has 2 aromatic carbocycles. The Morgan fingerprint density at radius 1 is 1.16 bits per heavy atom. The van der Waals surface area contributed by atoms with E-state index in [2.05, 4.69) is 15.3 Å². The fourth-order valence-electron chi connectivity index (χ4n) is 3.46. The standard InChI is InChI=1S/C25H25N5O6S/c1-33-13-12-29-15-22(36-28-29)27-21(31)16-37-25-26-19(24(32)30(25)18-9-5-4-6-10-18)14-17-8-7-11-20(34-2)23(17)35-3/h4-11,14-15H,12-13,16H2,1-3H3/b19-14+. The molecular formula is C25H25N5O6S. The van der Waals surface area contributed by atoms with E-state index >= 15 is 0 Å². The van der Waals surface area contributed by atoms with Crippen LogP contribution in [0.5, 0.6) is 11.5 Å². The average molecular weight is 524 g/mol. The number of para-hydroxylation sites is 2. The van der Waals surface area contributed by atoms with Gasteiger partial charge in [0.05, 0.1) is 19.9 Å². The lowest BCUT2D eigenvalue weighted by molar-refractivity contribution is -0.763. The molecule has 11 nitrogen and oxygen atoms in total. The molecule has 4 rings (SSSR count). The van der Waals surface area contributed by atoms with Crippen LogP contribution in [0.4, 0.5) is 11.6 Å². The summed E-state index contributed by atoms with van der Waals surface area (Å²) in [5.74, 6) is 0.231. The third-order valence-electron chi connectivity index (χ3n) is 5.15. The number of amidine groups is 1. The van der Waals surface area contributed by atoms with Crippen LogP contribution in [0.15, 0.2) is 74.9 Å². The number of hydrogen-bond acceptors (Lipinski definition) is 10. The van der Waals surface area contributed by atoms with Gasteiger partial charge in [-0.05, 0) is 34.9 Å². The first kappa shape index (κ1) is 25.9. The van der Waals surface area contributed by atoms with Crippen LogP contribution in [-0.4, -0.2) is 55.9 Å². The van der Waals surface area contributed by atoms with Crippen molar-refractivity contribution in [3.63, 3.8) is 0 Å². The summed E-state index contributed by atoms with van der Waals surface area (Å²) in [6.07, 6.45) is 3.14. The third-order valence-corrected chi connectivity index (χ3v) is 6.08. The van der Waals surface area contributed by atoms with Gasteiger partial charge < -0.3 is 19.3 Å². The molecule has 12 heteroatoms. The van der Waals surface area contributed by atoms with Gasteiger partial charge in [-0.2, -0.15) is 0 Å². The number of ether oxygens (including phenoxy) is 3. The Kier molecular flexibility index (Phi) is 8.54. The quantitative estimate of drug-likeness (QED) is 0.171. The number of amides is 1. The SMILES string of the molecule is COCC[n+]1cc(/N=C(/[O-])CSC2=N/C(=C/c3cccc(OC)c3OC)C(=O)N2c2ccccc2)on1. The number of hydrogen-bond donors (Lipinski definition) is 0. The van der Waals surface area contributed by atoms with Crippen LogP contribution in [0.3, 0.4) is 0 Å². The van der Waals surface area contributed by atoms with Gasteiger partial charge in [-0.15, -0.1) is 0 Å². The lowest BCUT2D eigenvalue weighted by atomic mass is 10.1. The van der Waals surface area contributed by atoms with Gasteiger partial charge in [-0.3, -0.25) is 14.2 Å². The smallest absolute Gasteiger partial charge is 0.320 e. The highest BCUT2D eigenvalue weighted by Gasteiger charge is 2.32. The normalized spacial score (nSPS) is 14.8. The maximum atomic E-state index is 13.4. The van der Waals surface area contributed by atoms with Crippen molar-refractivity contribution in [1.29, 1.82) is 0 Å². The van der Waals surface area contributed by atoms with E-state index in [1.165, 1.54) is 22.9 Å². The highest BCUT2D eigenvalue weighted by molar-refractivity contribution is 8.14. The van der Waals surface area contributed by atoms with Crippen LogP contribution in [0, 0.1) is 0 Å². The predicted molar refractivity (Wildman–Crippen MR) is 137 cm³/mol. The van der Waals surface area contributed by atoms with E-state index in [0.29, 0.717) is 41.1 Å². The van der Waals surface area contributed by atoms with Crippen molar-refractivity contribution in [1.82, 2.24) is 5.27 Å². The van der Waals surface area contributed by atoms with Crippen molar-refractivity contribution in [3.05, 3.63) is 66.0 Å². The molecular weight excluding hydrogens is 498 g/mol. The fraction of sp³-hybridized carbons (Fsp3) is 0.240. The average Bonchev–Trinajstić information content (AvgIpc) is 3.49. The highest BCUT2D eigenvalue weighted by atomic mass is 32.2. The number of aliphatic imine (C=N–C) groups is 2. The first-order chi connectivity index (χ1) is 18.0. The van der Waals surface area contributed by atoms with Gasteiger partial charge in [0.15, 0.2) is 16.7 Å². The molecule has 2 heterocycles. The summed E-state index contributed by atoms with van der Waals surface area (Å²) in [5.41, 5.74) is 1.45. The van der Waals surface area contributed by atoms with Crippen molar-refractivity contribution < 1.29 is 33.3 Å². The molecule has 1 aromatic heterocycles. The van der Waals surface area contributed by atoms with Crippen molar-refractivity contribution in [2.75, 3.05) is 38.6 Å². The number of nitrogens with zero attached hydrogens (tertiary/aromatic N) is 5. The molecule has 1 amide bonds. The van der Waals surface area contributed by atoms with Gasteiger partial charge in [-0.25, -0.2) is 9.98 Å². The molecule has 0 atom stereocenters. The first-order valence-corrected chi connectivity index (χ1v) is 12.2. The summed E-state index contributed by atoms with van der Waals surface area (Å²) in [4.78, 5) is 23.4. The number of methoxy groups -OCH3 is 3. The minimum atomic E-state index is -0.463. The van der Waals surface area contributed by atoms with Crippen LogP contribution in [0.25, 0.3) is 6.08 Å². The summed E-state index contributed by atoms with van der Waals surface area (Å²) in [6, 6.07) is 14.4. The molecule has 1 aliphatic rings. The van der Waals surface area contributed by atoms with Crippen LogP contribution < -0.4 is 24.2 Å². The summed E-state index contributed by atoms with van der Waals surface area (Å²) in [7, 11) is 4.65. The van der Waals surface area contributed by atoms with E-state index < -0.39 is 5.90 Å². The van der Waals surface area contributed by atoms with Crippen molar-refractivity contribution in [2.24, 2.45) is 9.98 Å². The van der Waals surface area contributed by atoms with Gasteiger partial charge in [0.25, 0.3) is 12.1 Å². The maximum Gasteiger partial charge on any atom is 0.320 e. The van der Waals surface area contributed by atoms with Crippen LogP contribution in [0.2, 0.25) is 0 Å². The molecule has 1 aliphatic heterocycles. The molecule has 0 unspecified atom stereocenters. The molecule has 0 fully saturated rings. The number of carbonyl (C=O) groups is 1. The molecule has 0 radical (unpaired) electrons.